The minimum atomic E-state index is -0.337. The van der Waals surface area contributed by atoms with Gasteiger partial charge in [-0.3, -0.25) is 0 Å². The molecule has 0 aliphatic rings. The molecule has 0 amide bonds. The molecule has 78 valence electrons. The van der Waals surface area contributed by atoms with Crippen molar-refractivity contribution in [1.82, 2.24) is 10.2 Å². The molecule has 0 saturated heterocycles. The Morgan fingerprint density at radius 1 is 1.40 bits per heavy atom. The average Bonchev–Trinajstić information content (AvgIpc) is 2.70. The first-order valence-electron chi connectivity index (χ1n) is 4.17. The van der Waals surface area contributed by atoms with Gasteiger partial charge >= 0.3 is 0 Å². The minimum absolute atomic E-state index is 0.337. The first-order valence-corrected chi connectivity index (χ1v) is 5.37. The topological polar surface area (TPSA) is 37.8 Å². The van der Waals surface area contributed by atoms with Crippen LogP contribution in [0.5, 0.6) is 0 Å². The van der Waals surface area contributed by atoms with Crippen molar-refractivity contribution >= 4 is 28.1 Å². The van der Waals surface area contributed by atoms with E-state index in [4.69, 9.17) is 11.6 Å². The number of hydrogen-bond acceptors (Lipinski definition) is 4. The van der Waals surface area contributed by atoms with Crippen LogP contribution >= 0.6 is 22.9 Å². The quantitative estimate of drug-likeness (QED) is 0.881. The van der Waals surface area contributed by atoms with E-state index in [1.165, 1.54) is 29.5 Å². The zero-order valence-corrected chi connectivity index (χ0v) is 9.36. The van der Waals surface area contributed by atoms with Crippen molar-refractivity contribution in [3.05, 3.63) is 29.0 Å². The van der Waals surface area contributed by atoms with Crippen molar-refractivity contribution in [2.75, 3.05) is 12.4 Å². The maximum atomic E-state index is 13.0. The third-order valence-corrected chi connectivity index (χ3v) is 3.10. The molecule has 0 fully saturated rings. The van der Waals surface area contributed by atoms with Gasteiger partial charge in [0.2, 0.25) is 5.13 Å². The molecule has 1 aromatic heterocycles. The summed E-state index contributed by atoms with van der Waals surface area (Å²) >= 11 is 7.26. The van der Waals surface area contributed by atoms with E-state index in [0.717, 1.165) is 0 Å². The summed E-state index contributed by atoms with van der Waals surface area (Å²) in [5.41, 5.74) is 0.565. The molecule has 0 aliphatic carbocycles. The van der Waals surface area contributed by atoms with Gasteiger partial charge in [-0.1, -0.05) is 22.9 Å². The van der Waals surface area contributed by atoms with Gasteiger partial charge in [0.05, 0.1) is 5.02 Å². The highest BCUT2D eigenvalue weighted by molar-refractivity contribution is 7.18. The molecule has 2 aromatic rings. The van der Waals surface area contributed by atoms with Crippen LogP contribution in [0.15, 0.2) is 18.2 Å². The number of hydrogen-bond donors (Lipinski definition) is 1. The van der Waals surface area contributed by atoms with Crippen molar-refractivity contribution in [3.63, 3.8) is 0 Å². The van der Waals surface area contributed by atoms with E-state index in [-0.39, 0.29) is 5.82 Å². The van der Waals surface area contributed by atoms with Gasteiger partial charge in [0.25, 0.3) is 0 Å². The van der Waals surface area contributed by atoms with Crippen LogP contribution in [0.3, 0.4) is 0 Å². The lowest BCUT2D eigenvalue weighted by Crippen LogP contribution is -1.84. The monoisotopic (exact) mass is 243 g/mol. The van der Waals surface area contributed by atoms with Crippen LogP contribution in [0.2, 0.25) is 5.02 Å². The normalized spacial score (nSPS) is 10.3. The van der Waals surface area contributed by atoms with E-state index >= 15 is 0 Å². The van der Waals surface area contributed by atoms with Crippen LogP contribution < -0.4 is 5.32 Å². The number of rotatable bonds is 2. The Morgan fingerprint density at radius 2 is 2.20 bits per heavy atom. The highest BCUT2D eigenvalue weighted by Gasteiger charge is 2.10. The standard InChI is InChI=1S/C9H7ClFN3S/c1-12-9-14-13-8(15-9)6-4-5(11)2-3-7(6)10/h2-4H,1H3,(H,12,14). The summed E-state index contributed by atoms with van der Waals surface area (Å²) in [4.78, 5) is 0. The van der Waals surface area contributed by atoms with Gasteiger partial charge in [0, 0.05) is 12.6 Å². The number of benzene rings is 1. The fourth-order valence-corrected chi connectivity index (χ4v) is 2.08. The maximum absolute atomic E-state index is 13.0. The number of halogens is 2. The van der Waals surface area contributed by atoms with Crippen LogP contribution in [0.4, 0.5) is 9.52 Å². The maximum Gasteiger partial charge on any atom is 0.205 e. The van der Waals surface area contributed by atoms with Gasteiger partial charge in [0.15, 0.2) is 5.01 Å². The molecule has 3 nitrogen and oxygen atoms in total. The molecule has 1 N–H and O–H groups in total. The van der Waals surface area contributed by atoms with Crippen molar-refractivity contribution in [2.45, 2.75) is 0 Å². The largest absolute Gasteiger partial charge is 0.363 e. The number of aromatic nitrogens is 2. The highest BCUT2D eigenvalue weighted by Crippen LogP contribution is 2.32. The molecule has 6 heteroatoms. The third kappa shape index (κ3) is 2.08. The lowest BCUT2D eigenvalue weighted by molar-refractivity contribution is 0.628. The van der Waals surface area contributed by atoms with Gasteiger partial charge in [-0.15, -0.1) is 10.2 Å². The molecule has 2 rings (SSSR count). The lowest BCUT2D eigenvalue weighted by atomic mass is 10.2. The second-order valence-electron chi connectivity index (χ2n) is 2.79. The average molecular weight is 244 g/mol. The Morgan fingerprint density at radius 3 is 2.87 bits per heavy atom. The Bertz CT molecular complexity index is 486. The minimum Gasteiger partial charge on any atom is -0.363 e. The van der Waals surface area contributed by atoms with E-state index in [0.29, 0.717) is 20.7 Å². The molecule has 1 aromatic carbocycles. The zero-order chi connectivity index (χ0) is 10.8. The smallest absolute Gasteiger partial charge is 0.205 e. The second-order valence-corrected chi connectivity index (χ2v) is 4.17. The summed E-state index contributed by atoms with van der Waals surface area (Å²) in [6, 6.07) is 4.17. The van der Waals surface area contributed by atoms with Crippen LogP contribution in [0, 0.1) is 5.82 Å². The predicted octanol–water partition coefficient (Wildman–Crippen LogP) is 3.04. The van der Waals surface area contributed by atoms with Gasteiger partial charge in [-0.25, -0.2) is 4.39 Å². The third-order valence-electron chi connectivity index (χ3n) is 1.80. The number of nitrogens with one attached hydrogen (secondary N) is 1. The molecule has 0 atom stereocenters. The Hall–Kier alpha value is -1.20. The zero-order valence-electron chi connectivity index (χ0n) is 7.79. The molecule has 0 aliphatic heterocycles. The van der Waals surface area contributed by atoms with Gasteiger partial charge in [0.1, 0.15) is 5.82 Å². The predicted molar refractivity (Wildman–Crippen MR) is 59.9 cm³/mol. The summed E-state index contributed by atoms with van der Waals surface area (Å²) < 4.78 is 13.0. The Kier molecular flexibility index (Phi) is 2.83. The summed E-state index contributed by atoms with van der Waals surface area (Å²) in [7, 11) is 1.75. The molecule has 0 unspecified atom stereocenters. The van der Waals surface area contributed by atoms with E-state index in [2.05, 4.69) is 15.5 Å². The highest BCUT2D eigenvalue weighted by atomic mass is 35.5. The molecule has 1 heterocycles. The SMILES string of the molecule is CNc1nnc(-c2cc(F)ccc2Cl)s1. The number of nitrogens with zero attached hydrogens (tertiary/aromatic N) is 2. The number of anilines is 1. The summed E-state index contributed by atoms with van der Waals surface area (Å²) in [6.07, 6.45) is 0. The van der Waals surface area contributed by atoms with Crippen molar-refractivity contribution in [3.8, 4) is 10.6 Å². The van der Waals surface area contributed by atoms with E-state index < -0.39 is 0 Å². The van der Waals surface area contributed by atoms with E-state index in [9.17, 15) is 4.39 Å². The van der Waals surface area contributed by atoms with Gasteiger partial charge in [-0.2, -0.15) is 0 Å². The van der Waals surface area contributed by atoms with E-state index in [1.807, 2.05) is 0 Å². The lowest BCUT2D eigenvalue weighted by Gasteiger charge is -1.98. The summed E-state index contributed by atoms with van der Waals surface area (Å²) in [6.45, 7) is 0. The molecular formula is C9H7ClFN3S. The second kappa shape index (κ2) is 4.12. The Balaban J connectivity index is 2.48. The van der Waals surface area contributed by atoms with Crippen molar-refractivity contribution in [1.29, 1.82) is 0 Å². The van der Waals surface area contributed by atoms with Gasteiger partial charge in [-0.05, 0) is 18.2 Å². The first-order chi connectivity index (χ1) is 7.20. The van der Waals surface area contributed by atoms with Crippen molar-refractivity contribution < 1.29 is 4.39 Å². The summed E-state index contributed by atoms with van der Waals surface area (Å²) in [5, 5.41) is 12.4. The van der Waals surface area contributed by atoms with Crippen LogP contribution in [-0.4, -0.2) is 17.2 Å². The van der Waals surface area contributed by atoms with Gasteiger partial charge < -0.3 is 5.32 Å². The Labute approximate surface area is 94.9 Å². The fourth-order valence-electron chi connectivity index (χ4n) is 1.09. The molecule has 0 spiro atoms. The van der Waals surface area contributed by atoms with Crippen molar-refractivity contribution in [2.24, 2.45) is 0 Å². The molecule has 0 bridgehead atoms. The first kappa shape index (κ1) is 10.3. The summed E-state index contributed by atoms with van der Waals surface area (Å²) in [5.74, 6) is -0.337. The van der Waals surface area contributed by atoms with Crippen LogP contribution in [-0.2, 0) is 0 Å². The molecule has 15 heavy (non-hydrogen) atoms. The molecular weight excluding hydrogens is 237 g/mol. The molecule has 0 radical (unpaired) electrons. The van der Waals surface area contributed by atoms with Crippen LogP contribution in [0.25, 0.3) is 10.6 Å². The van der Waals surface area contributed by atoms with Crippen LogP contribution in [0.1, 0.15) is 0 Å². The molecule has 0 saturated carbocycles. The van der Waals surface area contributed by atoms with E-state index in [1.54, 1.807) is 7.05 Å². The fraction of sp³-hybridized carbons (Fsp3) is 0.111.